The summed E-state index contributed by atoms with van der Waals surface area (Å²) in [6.07, 6.45) is 2.31. The Labute approximate surface area is 244 Å². The van der Waals surface area contributed by atoms with Gasteiger partial charge in [-0.15, -0.1) is 0 Å². The Balaban J connectivity index is 1.27. The molecule has 3 N–H and O–H groups in total. The molecule has 43 heavy (non-hydrogen) atoms. The minimum Gasteiger partial charge on any atom is -0.383 e. The van der Waals surface area contributed by atoms with Crippen molar-refractivity contribution in [3.05, 3.63) is 77.2 Å². The molecule has 0 atom stereocenters. The standard InChI is InChI=1S/C29H27F3N6O4S/c30-29(31,32)28(40)37-11-10-17-8-9-22(13-19(17)14-37)43(41,42)36-20-5-3-4-18(12-20)25(39)23-15-38(21-6-1-2-7-21)27-24(23)26(33)34-16-35-27/h3-5,8-9,12-13,15-16,21,36H,1-2,6-7,10-11,14H2,(H2,33,34,35). The molecule has 2 aromatic carbocycles. The fraction of sp³-hybridized carbons (Fsp3) is 0.310. The molecule has 10 nitrogen and oxygen atoms in total. The first-order chi connectivity index (χ1) is 20.4. The van der Waals surface area contributed by atoms with Crippen LogP contribution in [0.5, 0.6) is 0 Å². The number of hydrogen-bond acceptors (Lipinski definition) is 7. The highest BCUT2D eigenvalue weighted by molar-refractivity contribution is 7.92. The van der Waals surface area contributed by atoms with Crippen LogP contribution >= 0.6 is 0 Å². The monoisotopic (exact) mass is 612 g/mol. The number of rotatable bonds is 6. The molecule has 0 radical (unpaired) electrons. The number of fused-ring (bicyclic) bond motifs is 2. The maximum absolute atomic E-state index is 13.7. The molecular formula is C29H27F3N6O4S. The molecule has 4 aromatic rings. The molecule has 2 aromatic heterocycles. The van der Waals surface area contributed by atoms with E-state index in [1.165, 1.54) is 42.7 Å². The highest BCUT2D eigenvalue weighted by Crippen LogP contribution is 2.36. The van der Waals surface area contributed by atoms with Gasteiger partial charge in [0.2, 0.25) is 0 Å². The van der Waals surface area contributed by atoms with E-state index in [-0.39, 0.29) is 53.3 Å². The van der Waals surface area contributed by atoms with E-state index in [2.05, 4.69) is 14.7 Å². The molecule has 1 aliphatic heterocycles. The van der Waals surface area contributed by atoms with Gasteiger partial charge in [0.05, 0.1) is 15.8 Å². The van der Waals surface area contributed by atoms with Gasteiger partial charge in [0.25, 0.3) is 10.0 Å². The number of sulfonamides is 1. The summed E-state index contributed by atoms with van der Waals surface area (Å²) in [6, 6.07) is 10.3. The molecule has 6 rings (SSSR count). The van der Waals surface area contributed by atoms with E-state index in [1.54, 1.807) is 12.3 Å². The van der Waals surface area contributed by atoms with E-state index in [0.717, 1.165) is 25.7 Å². The van der Waals surface area contributed by atoms with Gasteiger partial charge in [0.1, 0.15) is 17.8 Å². The van der Waals surface area contributed by atoms with Crippen molar-refractivity contribution >= 4 is 44.3 Å². The minimum atomic E-state index is -5.02. The molecule has 1 amide bonds. The number of nitrogens with zero attached hydrogens (tertiary/aromatic N) is 4. The van der Waals surface area contributed by atoms with E-state index in [9.17, 15) is 31.2 Å². The number of carbonyl (C=O) groups excluding carboxylic acids is 2. The average Bonchev–Trinajstić information content (AvgIpc) is 3.64. The Hall–Kier alpha value is -4.46. The quantitative estimate of drug-likeness (QED) is 0.303. The van der Waals surface area contributed by atoms with Gasteiger partial charge in [-0.05, 0) is 54.7 Å². The van der Waals surface area contributed by atoms with Crippen LogP contribution in [0.1, 0.15) is 58.8 Å². The number of anilines is 2. The third-order valence-electron chi connectivity index (χ3n) is 8.01. The second-order valence-electron chi connectivity index (χ2n) is 10.8. The van der Waals surface area contributed by atoms with E-state index >= 15 is 0 Å². The fourth-order valence-electron chi connectivity index (χ4n) is 5.89. The molecule has 1 fully saturated rings. The number of amides is 1. The van der Waals surface area contributed by atoms with E-state index in [4.69, 9.17) is 5.73 Å². The van der Waals surface area contributed by atoms with Gasteiger partial charge in [0.15, 0.2) is 5.78 Å². The summed E-state index contributed by atoms with van der Waals surface area (Å²) in [4.78, 5) is 34.4. The molecule has 14 heteroatoms. The predicted molar refractivity (Wildman–Crippen MR) is 152 cm³/mol. The molecule has 0 spiro atoms. The lowest BCUT2D eigenvalue weighted by Crippen LogP contribution is -2.43. The average molecular weight is 613 g/mol. The van der Waals surface area contributed by atoms with Crippen molar-refractivity contribution in [3.63, 3.8) is 0 Å². The van der Waals surface area contributed by atoms with Crippen molar-refractivity contribution in [2.75, 3.05) is 17.0 Å². The Morgan fingerprint density at radius 1 is 1.02 bits per heavy atom. The Morgan fingerprint density at radius 2 is 1.79 bits per heavy atom. The van der Waals surface area contributed by atoms with Crippen molar-refractivity contribution in [3.8, 4) is 0 Å². The van der Waals surface area contributed by atoms with E-state index in [0.29, 0.717) is 32.6 Å². The number of aromatic nitrogens is 3. The molecule has 224 valence electrons. The van der Waals surface area contributed by atoms with Crippen molar-refractivity contribution in [1.29, 1.82) is 0 Å². The second kappa shape index (κ2) is 10.7. The van der Waals surface area contributed by atoms with E-state index < -0.39 is 22.1 Å². The number of benzene rings is 2. The molecule has 2 aliphatic rings. The van der Waals surface area contributed by atoms with Gasteiger partial charge in [-0.25, -0.2) is 18.4 Å². The van der Waals surface area contributed by atoms with Gasteiger partial charge < -0.3 is 15.2 Å². The topological polar surface area (TPSA) is 140 Å². The number of nitrogen functional groups attached to an aromatic ring is 1. The maximum atomic E-state index is 13.7. The smallest absolute Gasteiger partial charge is 0.383 e. The first-order valence-electron chi connectivity index (χ1n) is 13.7. The number of hydrogen-bond donors (Lipinski definition) is 2. The number of nitrogens with one attached hydrogen (secondary N) is 1. The zero-order valence-corrected chi connectivity index (χ0v) is 23.6. The number of carbonyl (C=O) groups is 2. The van der Waals surface area contributed by atoms with Gasteiger partial charge in [-0.3, -0.25) is 14.3 Å². The predicted octanol–water partition coefficient (Wildman–Crippen LogP) is 4.61. The van der Waals surface area contributed by atoms with Crippen LogP contribution in [0, 0.1) is 0 Å². The summed E-state index contributed by atoms with van der Waals surface area (Å²) in [6.45, 7) is -0.476. The largest absolute Gasteiger partial charge is 0.471 e. The summed E-state index contributed by atoms with van der Waals surface area (Å²) in [5.41, 5.74) is 8.36. The Bertz CT molecular complexity index is 1870. The highest BCUT2D eigenvalue weighted by atomic mass is 32.2. The van der Waals surface area contributed by atoms with Crippen molar-refractivity contribution in [1.82, 2.24) is 19.4 Å². The van der Waals surface area contributed by atoms with Crippen LogP contribution in [0.15, 0.2) is 59.9 Å². The summed E-state index contributed by atoms with van der Waals surface area (Å²) < 4.78 is 69.9. The third-order valence-corrected chi connectivity index (χ3v) is 9.39. The molecular weight excluding hydrogens is 585 g/mol. The molecule has 0 bridgehead atoms. The van der Waals surface area contributed by atoms with Crippen molar-refractivity contribution in [2.24, 2.45) is 0 Å². The summed E-state index contributed by atoms with van der Waals surface area (Å²) in [5, 5.41) is 0.442. The third kappa shape index (κ3) is 5.42. The Morgan fingerprint density at radius 3 is 2.53 bits per heavy atom. The van der Waals surface area contributed by atoms with Crippen molar-refractivity contribution < 1.29 is 31.2 Å². The lowest BCUT2D eigenvalue weighted by atomic mass is 10.00. The van der Waals surface area contributed by atoms with E-state index in [1.807, 2.05) is 4.57 Å². The minimum absolute atomic E-state index is 0.112. The highest BCUT2D eigenvalue weighted by Gasteiger charge is 2.43. The molecule has 0 saturated heterocycles. The number of nitrogens with two attached hydrogens (primary N) is 1. The zero-order valence-electron chi connectivity index (χ0n) is 22.8. The summed E-state index contributed by atoms with van der Waals surface area (Å²) >= 11 is 0. The summed E-state index contributed by atoms with van der Waals surface area (Å²) in [7, 11) is -4.20. The first kappa shape index (κ1) is 28.6. The normalized spacial score (nSPS) is 15.9. The lowest BCUT2D eigenvalue weighted by Gasteiger charge is -2.29. The van der Waals surface area contributed by atoms with Crippen molar-refractivity contribution in [2.45, 2.75) is 55.8 Å². The van der Waals surface area contributed by atoms with Crippen LogP contribution in [0.3, 0.4) is 0 Å². The van der Waals surface area contributed by atoms with Crippen LogP contribution in [0.2, 0.25) is 0 Å². The van der Waals surface area contributed by atoms with Crippen LogP contribution in [0.25, 0.3) is 11.0 Å². The van der Waals surface area contributed by atoms with Crippen LogP contribution in [0.4, 0.5) is 24.7 Å². The molecule has 1 aliphatic carbocycles. The van der Waals surface area contributed by atoms with Crippen LogP contribution in [-0.2, 0) is 27.8 Å². The zero-order chi connectivity index (χ0) is 30.5. The second-order valence-corrected chi connectivity index (χ2v) is 12.4. The van der Waals surface area contributed by atoms with Crippen LogP contribution < -0.4 is 10.5 Å². The molecule has 1 saturated carbocycles. The van der Waals surface area contributed by atoms with Gasteiger partial charge in [0, 0.05) is 36.6 Å². The maximum Gasteiger partial charge on any atom is 0.471 e. The fourth-order valence-corrected chi connectivity index (χ4v) is 6.99. The van der Waals surface area contributed by atoms with Gasteiger partial charge in [-0.1, -0.05) is 31.0 Å². The molecule has 3 heterocycles. The molecule has 0 unspecified atom stereocenters. The number of halogens is 3. The van der Waals surface area contributed by atoms with Gasteiger partial charge in [-0.2, -0.15) is 13.2 Å². The number of ketones is 1. The Kier molecular flexibility index (Phi) is 7.11. The van der Waals surface area contributed by atoms with Gasteiger partial charge >= 0.3 is 12.1 Å². The summed E-state index contributed by atoms with van der Waals surface area (Å²) in [5.74, 6) is -2.18. The van der Waals surface area contributed by atoms with Crippen LogP contribution in [-0.4, -0.2) is 52.3 Å². The first-order valence-corrected chi connectivity index (χ1v) is 15.2. The number of alkyl halides is 3. The SMILES string of the molecule is Nc1ncnc2c1c(C(=O)c1cccc(NS(=O)(=O)c3ccc4c(c3)CN(C(=O)C(F)(F)F)CC4)c1)cn2C1CCCC1. The lowest BCUT2D eigenvalue weighted by molar-refractivity contribution is -0.186.